The van der Waals surface area contributed by atoms with Gasteiger partial charge in [0.15, 0.2) is 0 Å². The van der Waals surface area contributed by atoms with E-state index in [-0.39, 0.29) is 25.2 Å². The summed E-state index contributed by atoms with van der Waals surface area (Å²) in [5, 5.41) is 20.0. The van der Waals surface area contributed by atoms with Gasteiger partial charge in [0.25, 0.3) is 0 Å². The summed E-state index contributed by atoms with van der Waals surface area (Å²) in [4.78, 5) is 12.6. The van der Waals surface area contributed by atoms with Crippen molar-refractivity contribution in [2.24, 2.45) is 59.2 Å². The normalized spacial score (nSPS) is 31.7. The van der Waals surface area contributed by atoms with Crippen LogP contribution in [-0.4, -0.2) is 19.1 Å². The Morgan fingerprint density at radius 1 is 0.460 bits per heavy atom. The molecule has 4 aliphatic rings. The zero-order chi connectivity index (χ0) is 35.4. The lowest BCUT2D eigenvalue weighted by molar-refractivity contribution is -0.119. The molecule has 50 heavy (non-hydrogen) atoms. The fourth-order valence-electron chi connectivity index (χ4n) is 11.1. The Balaban J connectivity index is 0.973. The molecule has 0 saturated heterocycles. The summed E-state index contributed by atoms with van der Waals surface area (Å²) in [5.74, 6) is 6.45. The summed E-state index contributed by atoms with van der Waals surface area (Å²) in [7, 11) is 0. The largest absolute Gasteiger partial charge is 0.300 e. The van der Waals surface area contributed by atoms with Crippen molar-refractivity contribution in [3.63, 3.8) is 0 Å². The number of rotatable bonds is 22. The Bertz CT molecular complexity index is 910. The SMILES string of the molecule is N#CC(C[C@H]1CC[C@H](CCCF)CC1)C1CCC(CCCCC(=O)CCCC[C@H]2CC[C@H](C(C#N)C[C@H]3CC[C@H](CCCF)CC3)CC2)CC1. The molecule has 0 radical (unpaired) electrons. The zero-order valence-corrected chi connectivity index (χ0v) is 32.0. The number of carbonyl (C=O) groups excluding carboxylic acids is 1. The van der Waals surface area contributed by atoms with Crippen molar-refractivity contribution in [2.75, 3.05) is 13.3 Å². The summed E-state index contributed by atoms with van der Waals surface area (Å²) in [6.45, 7) is -0.360. The van der Waals surface area contributed by atoms with Crippen LogP contribution in [0.25, 0.3) is 0 Å². The average molecular weight is 697 g/mol. The number of halogens is 2. The van der Waals surface area contributed by atoms with Gasteiger partial charge in [-0.1, -0.05) is 103 Å². The molecule has 284 valence electrons. The number of hydrogen-bond acceptors (Lipinski definition) is 3. The Morgan fingerprint density at radius 3 is 1.08 bits per heavy atom. The second kappa shape index (κ2) is 23.9. The second-order valence-electron chi connectivity index (χ2n) is 18.0. The number of Topliss-reactive ketones (excluding diaryl/α,β-unsaturated/α-hetero) is 1. The van der Waals surface area contributed by atoms with Crippen LogP contribution in [0, 0.1) is 81.8 Å². The maximum absolute atomic E-state index is 12.6. The van der Waals surface area contributed by atoms with Crippen molar-refractivity contribution in [2.45, 2.75) is 193 Å². The first-order valence-electron chi connectivity index (χ1n) is 21.9. The number of alkyl halides is 2. The topological polar surface area (TPSA) is 64.7 Å². The average Bonchev–Trinajstić information content (AvgIpc) is 3.16. The zero-order valence-electron chi connectivity index (χ0n) is 32.0. The molecule has 3 nitrogen and oxygen atoms in total. The molecule has 4 rings (SSSR count). The summed E-state index contributed by atoms with van der Waals surface area (Å²) in [6, 6.07) is 5.41. The molecular weight excluding hydrogens is 623 g/mol. The standard InChI is InChI=1S/C45H74F2N2O/c46-29-5-9-37-13-17-39(18-14-37)31-43(33-48)41-25-21-35(22-26-41)7-1-3-11-45(50)12-4-2-8-36-23-27-42(28-24-36)44(34-49)32-40-19-15-38(16-20-40)10-6-30-47/h35-44H,1-32H2/t35-,36?,37-,38-,39-,40-,41-,42?,43?,44?. The number of unbranched alkanes of at least 4 members (excludes halogenated alkanes) is 2. The van der Waals surface area contributed by atoms with Gasteiger partial charge in [-0.05, 0) is 124 Å². The lowest BCUT2D eigenvalue weighted by Gasteiger charge is -2.34. The Hall–Kier alpha value is -1.49. The Labute approximate surface area is 306 Å². The fourth-order valence-corrected chi connectivity index (χ4v) is 11.1. The van der Waals surface area contributed by atoms with Crippen LogP contribution < -0.4 is 0 Å². The van der Waals surface area contributed by atoms with E-state index in [1.165, 1.54) is 128 Å². The van der Waals surface area contributed by atoms with E-state index in [1.807, 2.05) is 0 Å². The fraction of sp³-hybridized carbons (Fsp3) is 0.933. The number of hydrogen-bond donors (Lipinski definition) is 0. The lowest BCUT2D eigenvalue weighted by Crippen LogP contribution is -2.24. The lowest BCUT2D eigenvalue weighted by atomic mass is 9.70. The highest BCUT2D eigenvalue weighted by Gasteiger charge is 2.32. The minimum atomic E-state index is -0.180. The molecule has 0 aromatic heterocycles. The van der Waals surface area contributed by atoms with E-state index in [0.717, 1.165) is 76.0 Å². The molecule has 0 aromatic rings. The third-order valence-corrected chi connectivity index (χ3v) is 14.5. The third kappa shape index (κ3) is 14.9. The summed E-state index contributed by atoms with van der Waals surface area (Å²) < 4.78 is 25.1. The van der Waals surface area contributed by atoms with Crippen molar-refractivity contribution < 1.29 is 13.6 Å². The molecular formula is C45H74F2N2O. The molecule has 0 aliphatic heterocycles. The number of ketones is 1. The van der Waals surface area contributed by atoms with Crippen LogP contribution in [0.5, 0.6) is 0 Å². The summed E-state index contributed by atoms with van der Waals surface area (Å²) in [5.41, 5.74) is 0. The van der Waals surface area contributed by atoms with Crippen molar-refractivity contribution in [1.29, 1.82) is 10.5 Å². The van der Waals surface area contributed by atoms with Gasteiger partial charge in [0, 0.05) is 24.7 Å². The molecule has 4 fully saturated rings. The van der Waals surface area contributed by atoms with Gasteiger partial charge in [-0.2, -0.15) is 10.5 Å². The maximum atomic E-state index is 12.6. The van der Waals surface area contributed by atoms with Gasteiger partial charge in [0.1, 0.15) is 5.78 Å². The Morgan fingerprint density at radius 2 is 0.760 bits per heavy atom. The van der Waals surface area contributed by atoms with Crippen molar-refractivity contribution in [1.82, 2.24) is 0 Å². The van der Waals surface area contributed by atoms with E-state index in [9.17, 15) is 24.1 Å². The number of nitrogens with zero attached hydrogens (tertiary/aromatic N) is 2. The molecule has 0 heterocycles. The van der Waals surface area contributed by atoms with Crippen molar-refractivity contribution >= 4 is 5.78 Å². The molecule has 2 unspecified atom stereocenters. The van der Waals surface area contributed by atoms with Crippen molar-refractivity contribution in [3.8, 4) is 12.1 Å². The summed E-state index contributed by atoms with van der Waals surface area (Å²) >= 11 is 0. The molecule has 0 amide bonds. The monoisotopic (exact) mass is 697 g/mol. The van der Waals surface area contributed by atoms with Gasteiger partial charge in [-0.3, -0.25) is 13.6 Å². The van der Waals surface area contributed by atoms with E-state index in [2.05, 4.69) is 12.1 Å². The molecule has 0 bridgehead atoms. The highest BCUT2D eigenvalue weighted by atomic mass is 19.1. The van der Waals surface area contributed by atoms with Crippen LogP contribution in [0.3, 0.4) is 0 Å². The van der Waals surface area contributed by atoms with Crippen molar-refractivity contribution in [3.05, 3.63) is 0 Å². The molecule has 4 aliphatic carbocycles. The minimum Gasteiger partial charge on any atom is -0.300 e. The first kappa shape index (κ1) is 41.3. The molecule has 0 N–H and O–H groups in total. The third-order valence-electron chi connectivity index (χ3n) is 14.5. The number of nitriles is 2. The van der Waals surface area contributed by atoms with Gasteiger partial charge >= 0.3 is 0 Å². The Kier molecular flexibility index (Phi) is 19.8. The highest BCUT2D eigenvalue weighted by Crippen LogP contribution is 2.43. The van der Waals surface area contributed by atoms with Gasteiger partial charge in [0.05, 0.1) is 25.5 Å². The van der Waals surface area contributed by atoms with E-state index >= 15 is 0 Å². The van der Waals surface area contributed by atoms with Crippen LogP contribution in [0.2, 0.25) is 0 Å². The van der Waals surface area contributed by atoms with Crippen LogP contribution in [0.4, 0.5) is 8.78 Å². The van der Waals surface area contributed by atoms with E-state index < -0.39 is 0 Å². The second-order valence-corrected chi connectivity index (χ2v) is 18.0. The van der Waals surface area contributed by atoms with Crippen LogP contribution >= 0.6 is 0 Å². The van der Waals surface area contributed by atoms with Gasteiger partial charge < -0.3 is 0 Å². The maximum Gasteiger partial charge on any atom is 0.132 e. The molecule has 4 saturated carbocycles. The smallest absolute Gasteiger partial charge is 0.132 e. The quantitative estimate of drug-likeness (QED) is 0.106. The summed E-state index contributed by atoms with van der Waals surface area (Å²) in [6.07, 6.45) is 33.9. The molecule has 0 aromatic carbocycles. The van der Waals surface area contributed by atoms with Crippen LogP contribution in [0.15, 0.2) is 0 Å². The first-order valence-corrected chi connectivity index (χ1v) is 21.9. The van der Waals surface area contributed by atoms with Crippen LogP contribution in [-0.2, 0) is 4.79 Å². The van der Waals surface area contributed by atoms with E-state index in [4.69, 9.17) is 0 Å². The molecule has 2 atom stereocenters. The van der Waals surface area contributed by atoms with Gasteiger partial charge in [0.2, 0.25) is 0 Å². The highest BCUT2D eigenvalue weighted by molar-refractivity contribution is 5.78. The first-order chi connectivity index (χ1) is 24.5. The minimum absolute atomic E-state index is 0.180. The van der Waals surface area contributed by atoms with Crippen LogP contribution in [0.1, 0.15) is 193 Å². The number of carbonyl (C=O) groups is 1. The predicted molar refractivity (Wildman–Crippen MR) is 202 cm³/mol. The van der Waals surface area contributed by atoms with Gasteiger partial charge in [-0.25, -0.2) is 0 Å². The van der Waals surface area contributed by atoms with Gasteiger partial charge in [-0.15, -0.1) is 0 Å². The van der Waals surface area contributed by atoms with E-state index in [0.29, 0.717) is 41.3 Å². The predicted octanol–water partition coefficient (Wildman–Crippen LogP) is 13.5. The van der Waals surface area contributed by atoms with E-state index in [1.54, 1.807) is 0 Å². The molecule has 0 spiro atoms. The molecule has 5 heteroatoms.